The molecule has 1 aliphatic heterocycles. The summed E-state index contributed by atoms with van der Waals surface area (Å²) < 4.78 is 4.91. The highest BCUT2D eigenvalue weighted by Gasteiger charge is 2.23. The Morgan fingerprint density at radius 3 is 2.44 bits per heavy atom. The van der Waals surface area contributed by atoms with Crippen molar-refractivity contribution in [3.05, 3.63) is 59.9 Å². The first-order valence-electron chi connectivity index (χ1n) is 11.3. The third-order valence-corrected chi connectivity index (χ3v) is 5.83. The molecule has 2 aromatic heterocycles. The van der Waals surface area contributed by atoms with E-state index in [1.54, 1.807) is 24.2 Å². The number of pyridine rings is 1. The van der Waals surface area contributed by atoms with Crippen LogP contribution < -0.4 is 4.90 Å². The van der Waals surface area contributed by atoms with Crippen LogP contribution in [0.4, 0.5) is 5.82 Å². The van der Waals surface area contributed by atoms with Gasteiger partial charge in [0.25, 0.3) is 0 Å². The predicted octanol–water partition coefficient (Wildman–Crippen LogP) is 3.85. The molecule has 4 rings (SSSR count). The maximum Gasteiger partial charge on any atom is 0.306 e. The van der Waals surface area contributed by atoms with Gasteiger partial charge in [0.15, 0.2) is 5.82 Å². The molecule has 0 unspecified atom stereocenters. The number of ether oxygens (including phenoxy) is 1. The zero-order valence-electron chi connectivity index (χ0n) is 19.0. The summed E-state index contributed by atoms with van der Waals surface area (Å²) in [6.07, 6.45) is 3.73. The Morgan fingerprint density at radius 1 is 1.00 bits per heavy atom. The summed E-state index contributed by atoms with van der Waals surface area (Å²) in [4.78, 5) is 41.8. The third kappa shape index (κ3) is 5.88. The van der Waals surface area contributed by atoms with Gasteiger partial charge in [-0.15, -0.1) is 0 Å². The lowest BCUT2D eigenvalue weighted by Crippen LogP contribution is -2.49. The molecule has 9 heteroatoms. The van der Waals surface area contributed by atoms with Crippen LogP contribution in [0.1, 0.15) is 19.8 Å². The number of hydrogen-bond donors (Lipinski definition) is 0. The number of hydrogen-bond acceptors (Lipinski definition) is 7. The lowest BCUT2D eigenvalue weighted by molar-refractivity contribution is -0.145. The summed E-state index contributed by atoms with van der Waals surface area (Å²) in [5, 5.41) is 0.661. The van der Waals surface area contributed by atoms with Crippen molar-refractivity contribution in [1.82, 2.24) is 19.9 Å². The van der Waals surface area contributed by atoms with Crippen LogP contribution in [0.5, 0.6) is 0 Å². The Kier molecular flexibility index (Phi) is 7.69. The number of piperazine rings is 1. The van der Waals surface area contributed by atoms with Crippen molar-refractivity contribution in [3.8, 4) is 22.6 Å². The van der Waals surface area contributed by atoms with Crippen LogP contribution in [-0.4, -0.2) is 64.5 Å². The summed E-state index contributed by atoms with van der Waals surface area (Å²) >= 11 is 6.07. The van der Waals surface area contributed by atoms with Crippen molar-refractivity contribution < 1.29 is 14.3 Å². The number of rotatable bonds is 7. The zero-order valence-corrected chi connectivity index (χ0v) is 19.7. The van der Waals surface area contributed by atoms with E-state index in [9.17, 15) is 9.59 Å². The van der Waals surface area contributed by atoms with Crippen LogP contribution in [0, 0.1) is 0 Å². The molecule has 0 aliphatic carbocycles. The van der Waals surface area contributed by atoms with E-state index in [2.05, 4.69) is 9.88 Å². The Bertz CT molecular complexity index is 1130. The smallest absolute Gasteiger partial charge is 0.306 e. The standard InChI is InChI=1S/C25H26ClN5O3/c1-2-34-24(33)10-9-23(32)31-14-12-30(13-15-31)22-16-21(18-5-7-20(26)8-6-18)28-25(29-22)19-4-3-11-27-17-19/h3-8,11,16-17H,2,9-10,12-15H2,1H3. The molecule has 34 heavy (non-hydrogen) atoms. The highest BCUT2D eigenvalue weighted by molar-refractivity contribution is 6.30. The number of anilines is 1. The molecule has 1 saturated heterocycles. The first-order chi connectivity index (χ1) is 16.5. The Balaban J connectivity index is 1.51. The van der Waals surface area contributed by atoms with Crippen molar-refractivity contribution >= 4 is 29.3 Å². The largest absolute Gasteiger partial charge is 0.466 e. The minimum absolute atomic E-state index is 0.0340. The fraction of sp³-hybridized carbons (Fsp3) is 0.320. The van der Waals surface area contributed by atoms with E-state index in [0.29, 0.717) is 43.6 Å². The average molecular weight is 480 g/mol. The fourth-order valence-electron chi connectivity index (χ4n) is 3.77. The quantitative estimate of drug-likeness (QED) is 0.475. The number of carbonyl (C=O) groups is 2. The molecule has 0 spiro atoms. The van der Waals surface area contributed by atoms with Gasteiger partial charge in [0.05, 0.1) is 18.7 Å². The van der Waals surface area contributed by atoms with Crippen molar-refractivity contribution in [2.24, 2.45) is 0 Å². The maximum atomic E-state index is 12.5. The van der Waals surface area contributed by atoms with Crippen molar-refractivity contribution in [2.45, 2.75) is 19.8 Å². The molecule has 0 radical (unpaired) electrons. The number of halogens is 1. The summed E-state index contributed by atoms with van der Waals surface area (Å²) in [7, 11) is 0. The summed E-state index contributed by atoms with van der Waals surface area (Å²) in [6.45, 7) is 4.46. The van der Waals surface area contributed by atoms with E-state index in [1.807, 2.05) is 42.5 Å². The molecule has 0 N–H and O–H groups in total. The van der Waals surface area contributed by atoms with Gasteiger partial charge in [-0.2, -0.15) is 0 Å². The van der Waals surface area contributed by atoms with E-state index in [1.165, 1.54) is 0 Å². The summed E-state index contributed by atoms with van der Waals surface area (Å²) in [5.41, 5.74) is 2.55. The second-order valence-electron chi connectivity index (χ2n) is 7.86. The molecule has 1 fully saturated rings. The first-order valence-corrected chi connectivity index (χ1v) is 11.6. The Labute approximate surface area is 203 Å². The summed E-state index contributed by atoms with van der Waals surface area (Å²) in [6, 6.07) is 13.3. The van der Waals surface area contributed by atoms with Gasteiger partial charge in [-0.1, -0.05) is 23.7 Å². The molecule has 1 amide bonds. The van der Waals surface area contributed by atoms with Gasteiger partial charge in [-0.3, -0.25) is 14.6 Å². The van der Waals surface area contributed by atoms with Gasteiger partial charge in [-0.25, -0.2) is 9.97 Å². The molecule has 3 heterocycles. The number of amides is 1. The highest BCUT2D eigenvalue weighted by atomic mass is 35.5. The number of carbonyl (C=O) groups excluding carboxylic acids is 2. The molecule has 176 valence electrons. The average Bonchev–Trinajstić information content (AvgIpc) is 2.88. The lowest BCUT2D eigenvalue weighted by atomic mass is 10.1. The molecular formula is C25H26ClN5O3. The number of esters is 1. The van der Waals surface area contributed by atoms with Crippen molar-refractivity contribution in [1.29, 1.82) is 0 Å². The van der Waals surface area contributed by atoms with Crippen LogP contribution >= 0.6 is 11.6 Å². The lowest BCUT2D eigenvalue weighted by Gasteiger charge is -2.35. The normalized spacial score (nSPS) is 13.6. The van der Waals surface area contributed by atoms with E-state index in [0.717, 1.165) is 22.6 Å². The zero-order chi connectivity index (χ0) is 23.9. The topological polar surface area (TPSA) is 88.5 Å². The van der Waals surface area contributed by atoms with Gasteiger partial charge in [0, 0.05) is 67.2 Å². The summed E-state index contributed by atoms with van der Waals surface area (Å²) in [5.74, 6) is 1.00. The van der Waals surface area contributed by atoms with E-state index in [-0.39, 0.29) is 24.7 Å². The monoisotopic (exact) mass is 479 g/mol. The SMILES string of the molecule is CCOC(=O)CCC(=O)N1CCN(c2cc(-c3ccc(Cl)cc3)nc(-c3cccnc3)n2)CC1. The number of aromatic nitrogens is 3. The van der Waals surface area contributed by atoms with Crippen LogP contribution in [0.25, 0.3) is 22.6 Å². The third-order valence-electron chi connectivity index (χ3n) is 5.58. The van der Waals surface area contributed by atoms with Gasteiger partial charge >= 0.3 is 5.97 Å². The Morgan fingerprint density at radius 2 is 1.76 bits per heavy atom. The molecule has 3 aromatic rings. The first kappa shape index (κ1) is 23.6. The highest BCUT2D eigenvalue weighted by Crippen LogP contribution is 2.27. The predicted molar refractivity (Wildman–Crippen MR) is 130 cm³/mol. The van der Waals surface area contributed by atoms with Gasteiger partial charge in [0.1, 0.15) is 5.82 Å². The molecule has 8 nitrogen and oxygen atoms in total. The minimum atomic E-state index is -0.340. The molecule has 1 aliphatic rings. The molecule has 0 atom stereocenters. The molecule has 1 aromatic carbocycles. The van der Waals surface area contributed by atoms with Crippen LogP contribution in [0.2, 0.25) is 5.02 Å². The Hall–Kier alpha value is -3.52. The minimum Gasteiger partial charge on any atom is -0.466 e. The van der Waals surface area contributed by atoms with E-state index < -0.39 is 0 Å². The molecule has 0 saturated carbocycles. The van der Waals surface area contributed by atoms with Crippen LogP contribution in [-0.2, 0) is 14.3 Å². The second-order valence-corrected chi connectivity index (χ2v) is 8.29. The maximum absolute atomic E-state index is 12.5. The number of benzene rings is 1. The van der Waals surface area contributed by atoms with Crippen LogP contribution in [0.15, 0.2) is 54.9 Å². The van der Waals surface area contributed by atoms with Crippen LogP contribution in [0.3, 0.4) is 0 Å². The second kappa shape index (κ2) is 11.1. The van der Waals surface area contributed by atoms with E-state index >= 15 is 0 Å². The molecular weight excluding hydrogens is 454 g/mol. The van der Waals surface area contributed by atoms with E-state index in [4.69, 9.17) is 26.3 Å². The van der Waals surface area contributed by atoms with Gasteiger partial charge < -0.3 is 14.5 Å². The van der Waals surface area contributed by atoms with Crippen molar-refractivity contribution in [3.63, 3.8) is 0 Å². The number of nitrogens with zero attached hydrogens (tertiary/aromatic N) is 5. The fourth-order valence-corrected chi connectivity index (χ4v) is 3.90. The molecule has 0 bridgehead atoms. The van der Waals surface area contributed by atoms with Gasteiger partial charge in [-0.05, 0) is 31.2 Å². The van der Waals surface area contributed by atoms with Gasteiger partial charge in [0.2, 0.25) is 5.91 Å². The van der Waals surface area contributed by atoms with Crippen molar-refractivity contribution in [2.75, 3.05) is 37.7 Å².